The molecule has 3 aromatic heterocycles. The van der Waals surface area contributed by atoms with Crippen molar-refractivity contribution in [2.75, 3.05) is 18.4 Å². The average molecular weight is 355 g/mol. The van der Waals surface area contributed by atoms with Crippen LogP contribution in [0.5, 0.6) is 0 Å². The smallest absolute Gasteiger partial charge is 0.137 e. The van der Waals surface area contributed by atoms with Crippen molar-refractivity contribution in [2.45, 2.75) is 31.7 Å². The minimum atomic E-state index is -0.922. The van der Waals surface area contributed by atoms with Gasteiger partial charge in [0.2, 0.25) is 0 Å². The van der Waals surface area contributed by atoms with Gasteiger partial charge in [-0.2, -0.15) is 0 Å². The Hall–Kier alpha value is -2.51. The van der Waals surface area contributed by atoms with Crippen molar-refractivity contribution in [3.05, 3.63) is 48.3 Å². The molecule has 1 saturated heterocycles. The molecule has 0 aliphatic carbocycles. The quantitative estimate of drug-likeness (QED) is 0.670. The van der Waals surface area contributed by atoms with E-state index >= 15 is 0 Å². The molecule has 7 heteroatoms. The van der Waals surface area contributed by atoms with Gasteiger partial charge in [-0.05, 0) is 43.7 Å². The molecule has 4 rings (SSSR count). The number of halogens is 1. The number of rotatable bonds is 4. The lowest BCUT2D eigenvalue weighted by Gasteiger charge is -2.17. The van der Waals surface area contributed by atoms with Crippen LogP contribution in [-0.2, 0) is 5.60 Å². The predicted octanol–water partition coefficient (Wildman–Crippen LogP) is 2.35. The summed E-state index contributed by atoms with van der Waals surface area (Å²) in [5.41, 5.74) is 2.21. The number of imidazole rings is 1. The van der Waals surface area contributed by atoms with E-state index in [-0.39, 0.29) is 6.04 Å². The summed E-state index contributed by atoms with van der Waals surface area (Å²) < 4.78 is 15.7. The lowest BCUT2D eigenvalue weighted by Crippen LogP contribution is -2.29. The number of alkyl halides is 1. The molecule has 0 spiro atoms. The summed E-state index contributed by atoms with van der Waals surface area (Å²) in [7, 11) is 0. The molecule has 0 radical (unpaired) electrons. The molecule has 1 aliphatic heterocycles. The summed E-state index contributed by atoms with van der Waals surface area (Å²) in [6.45, 7) is 4.45. The van der Waals surface area contributed by atoms with Crippen molar-refractivity contribution in [1.82, 2.24) is 19.7 Å². The Morgan fingerprint density at radius 2 is 2.15 bits per heavy atom. The van der Waals surface area contributed by atoms with Gasteiger partial charge in [0, 0.05) is 19.3 Å². The first-order valence-corrected chi connectivity index (χ1v) is 8.70. The molecule has 0 aromatic carbocycles. The van der Waals surface area contributed by atoms with E-state index in [2.05, 4.69) is 20.6 Å². The molecule has 6 nitrogen and oxygen atoms in total. The molecule has 0 saturated carbocycles. The van der Waals surface area contributed by atoms with E-state index < -0.39 is 11.8 Å². The second-order valence-corrected chi connectivity index (χ2v) is 7.18. The Bertz CT molecular complexity index is 933. The minimum Gasteiger partial charge on any atom is -0.386 e. The molecule has 136 valence electrons. The Morgan fingerprint density at radius 3 is 2.88 bits per heavy atom. The predicted molar refractivity (Wildman–Crippen MR) is 98.8 cm³/mol. The van der Waals surface area contributed by atoms with Crippen LogP contribution < -0.4 is 10.6 Å². The highest BCUT2D eigenvalue weighted by molar-refractivity contribution is 5.62. The Kier molecular flexibility index (Phi) is 4.13. The third-order valence-corrected chi connectivity index (χ3v) is 4.70. The monoisotopic (exact) mass is 355 g/mol. The minimum absolute atomic E-state index is 0.269. The zero-order valence-corrected chi connectivity index (χ0v) is 14.8. The van der Waals surface area contributed by atoms with Crippen LogP contribution in [-0.4, -0.2) is 44.8 Å². The molecule has 2 unspecified atom stereocenters. The summed E-state index contributed by atoms with van der Waals surface area (Å²) in [5, 5.41) is 16.4. The normalized spacial score (nSPS) is 20.6. The number of nitrogens with zero attached hydrogens (tertiary/aromatic N) is 3. The fourth-order valence-corrected chi connectivity index (χ4v) is 3.19. The SMILES string of the molecule is CC(C)(O)c1ccn2c(-c3cccc(NC4CNCC4F)n3)cnc2c1. The van der Waals surface area contributed by atoms with Crippen LogP contribution in [0.4, 0.5) is 10.2 Å². The number of hydrogen-bond acceptors (Lipinski definition) is 5. The second kappa shape index (κ2) is 6.34. The number of hydrogen-bond donors (Lipinski definition) is 3. The van der Waals surface area contributed by atoms with Gasteiger partial charge in [-0.3, -0.25) is 4.40 Å². The molecule has 4 heterocycles. The number of fused-ring (bicyclic) bond motifs is 1. The van der Waals surface area contributed by atoms with Gasteiger partial charge in [-0.1, -0.05) is 6.07 Å². The third-order valence-electron chi connectivity index (χ3n) is 4.70. The molecule has 0 amide bonds. The van der Waals surface area contributed by atoms with Crippen molar-refractivity contribution < 1.29 is 9.50 Å². The van der Waals surface area contributed by atoms with Crippen molar-refractivity contribution in [1.29, 1.82) is 0 Å². The van der Waals surface area contributed by atoms with Gasteiger partial charge < -0.3 is 15.7 Å². The summed E-state index contributed by atoms with van der Waals surface area (Å²) in [6, 6.07) is 9.10. The van der Waals surface area contributed by atoms with Gasteiger partial charge in [0.05, 0.1) is 29.2 Å². The van der Waals surface area contributed by atoms with E-state index in [4.69, 9.17) is 0 Å². The fourth-order valence-electron chi connectivity index (χ4n) is 3.19. The van der Waals surface area contributed by atoms with Crippen LogP contribution in [0, 0.1) is 0 Å². The first-order valence-electron chi connectivity index (χ1n) is 8.70. The van der Waals surface area contributed by atoms with Gasteiger partial charge in [0.25, 0.3) is 0 Å². The summed E-state index contributed by atoms with van der Waals surface area (Å²) >= 11 is 0. The van der Waals surface area contributed by atoms with Crippen LogP contribution >= 0.6 is 0 Å². The van der Waals surface area contributed by atoms with E-state index in [1.54, 1.807) is 20.0 Å². The number of aliphatic hydroxyl groups is 1. The summed E-state index contributed by atoms with van der Waals surface area (Å²) in [4.78, 5) is 9.05. The number of anilines is 1. The third kappa shape index (κ3) is 3.15. The maximum absolute atomic E-state index is 13.8. The molecule has 0 bridgehead atoms. The number of pyridine rings is 2. The Labute approximate surface area is 151 Å². The molecule has 1 aliphatic rings. The van der Waals surface area contributed by atoms with Crippen LogP contribution in [0.3, 0.4) is 0 Å². The lowest BCUT2D eigenvalue weighted by molar-refractivity contribution is 0.0786. The lowest BCUT2D eigenvalue weighted by atomic mass is 10.00. The van der Waals surface area contributed by atoms with Crippen molar-refractivity contribution >= 4 is 11.5 Å². The van der Waals surface area contributed by atoms with Crippen molar-refractivity contribution in [3.8, 4) is 11.4 Å². The maximum atomic E-state index is 13.8. The Balaban J connectivity index is 1.66. The van der Waals surface area contributed by atoms with Gasteiger partial charge in [0.15, 0.2) is 0 Å². The average Bonchev–Trinajstić information content (AvgIpc) is 3.20. The van der Waals surface area contributed by atoms with Crippen LogP contribution in [0.2, 0.25) is 0 Å². The molecule has 3 aromatic rings. The summed E-state index contributed by atoms with van der Waals surface area (Å²) in [5.74, 6) is 0.641. The van der Waals surface area contributed by atoms with Gasteiger partial charge in [-0.15, -0.1) is 0 Å². The molecule has 26 heavy (non-hydrogen) atoms. The van der Waals surface area contributed by atoms with Crippen LogP contribution in [0.1, 0.15) is 19.4 Å². The maximum Gasteiger partial charge on any atom is 0.137 e. The van der Waals surface area contributed by atoms with Crippen molar-refractivity contribution in [2.24, 2.45) is 0 Å². The molecule has 2 atom stereocenters. The largest absolute Gasteiger partial charge is 0.386 e. The first kappa shape index (κ1) is 16.9. The van der Waals surface area contributed by atoms with E-state index in [9.17, 15) is 9.50 Å². The molecule has 1 fully saturated rings. The zero-order valence-electron chi connectivity index (χ0n) is 14.8. The first-order chi connectivity index (χ1) is 12.4. The van der Waals surface area contributed by atoms with Gasteiger partial charge in [-0.25, -0.2) is 14.4 Å². The van der Waals surface area contributed by atoms with Crippen LogP contribution in [0.25, 0.3) is 17.0 Å². The standard InChI is InChI=1S/C19H22FN5O/c1-19(2,26)12-6-7-25-16(11-22-18(25)8-12)14-4-3-5-17(23-14)24-15-10-21-9-13(15)20/h3-8,11,13,15,21,26H,9-10H2,1-2H3,(H,23,24). The Morgan fingerprint density at radius 1 is 1.31 bits per heavy atom. The number of aromatic nitrogens is 3. The van der Waals surface area contributed by atoms with E-state index in [1.165, 1.54) is 0 Å². The molecule has 3 N–H and O–H groups in total. The fraction of sp³-hybridized carbons (Fsp3) is 0.368. The van der Waals surface area contributed by atoms with E-state index in [0.717, 1.165) is 22.6 Å². The number of nitrogens with one attached hydrogen (secondary N) is 2. The van der Waals surface area contributed by atoms with Gasteiger partial charge in [0.1, 0.15) is 17.6 Å². The molecular formula is C19H22FN5O. The zero-order chi connectivity index (χ0) is 18.3. The second-order valence-electron chi connectivity index (χ2n) is 7.18. The highest BCUT2D eigenvalue weighted by Gasteiger charge is 2.26. The van der Waals surface area contributed by atoms with Crippen LogP contribution in [0.15, 0.2) is 42.7 Å². The van der Waals surface area contributed by atoms with E-state index in [0.29, 0.717) is 18.9 Å². The van der Waals surface area contributed by atoms with Crippen molar-refractivity contribution in [3.63, 3.8) is 0 Å². The van der Waals surface area contributed by atoms with E-state index in [1.807, 2.05) is 40.9 Å². The summed E-state index contributed by atoms with van der Waals surface area (Å²) in [6.07, 6.45) is 2.71. The van der Waals surface area contributed by atoms with Gasteiger partial charge >= 0.3 is 0 Å². The topological polar surface area (TPSA) is 74.5 Å². The highest BCUT2D eigenvalue weighted by Crippen LogP contribution is 2.25. The molecular weight excluding hydrogens is 333 g/mol. The highest BCUT2D eigenvalue weighted by atomic mass is 19.1.